The molecular weight excluding hydrogens is 274 g/mol. The van der Waals surface area contributed by atoms with Crippen LogP contribution in [0.3, 0.4) is 0 Å². The van der Waals surface area contributed by atoms with Gasteiger partial charge in [-0.15, -0.1) is 0 Å². The van der Waals surface area contributed by atoms with Crippen LogP contribution in [0, 0.1) is 0 Å². The average Bonchev–Trinajstić information content (AvgIpc) is 2.52. The Morgan fingerprint density at radius 2 is 2.00 bits per heavy atom. The van der Waals surface area contributed by atoms with Crippen LogP contribution in [-0.4, -0.2) is 35.2 Å². The average molecular weight is 289 g/mol. The third-order valence-electron chi connectivity index (χ3n) is 2.67. The molecule has 0 amide bonds. The van der Waals surface area contributed by atoms with Crippen LogP contribution in [0.1, 0.15) is 16.3 Å². The van der Waals surface area contributed by atoms with Gasteiger partial charge >= 0.3 is 5.97 Å². The Morgan fingerprint density at radius 3 is 2.62 bits per heavy atom. The Kier molecular flexibility index (Phi) is 4.55. The number of hydrogen-bond acceptors (Lipinski definition) is 6. The van der Waals surface area contributed by atoms with Crippen molar-refractivity contribution in [2.24, 2.45) is 0 Å². The fourth-order valence-electron chi connectivity index (χ4n) is 1.68. The number of rotatable bonds is 6. The first kappa shape index (κ1) is 14.6. The molecule has 21 heavy (non-hydrogen) atoms. The summed E-state index contributed by atoms with van der Waals surface area (Å²) in [5.74, 6) is 0.690. The zero-order chi connectivity index (χ0) is 15.2. The molecule has 0 bridgehead atoms. The number of carboxylic acids is 1. The summed E-state index contributed by atoms with van der Waals surface area (Å²) in [4.78, 5) is 19.1. The van der Waals surface area contributed by atoms with E-state index in [1.807, 2.05) is 12.1 Å². The maximum Gasteiger partial charge on any atom is 0.354 e. The molecule has 7 nitrogen and oxygen atoms in total. The van der Waals surface area contributed by atoms with Crippen LogP contribution < -0.4 is 14.8 Å². The molecule has 0 radical (unpaired) electrons. The Labute approximate surface area is 121 Å². The van der Waals surface area contributed by atoms with Crippen molar-refractivity contribution in [3.8, 4) is 11.5 Å². The van der Waals surface area contributed by atoms with Crippen molar-refractivity contribution in [3.63, 3.8) is 0 Å². The number of carbonyl (C=O) groups is 1. The first-order chi connectivity index (χ1) is 10.1. The molecule has 2 rings (SSSR count). The molecule has 0 aliphatic carbocycles. The summed E-state index contributed by atoms with van der Waals surface area (Å²) in [6.45, 7) is 0.0379. The molecule has 0 saturated heterocycles. The van der Waals surface area contributed by atoms with Crippen LogP contribution in [0.5, 0.6) is 11.5 Å². The summed E-state index contributed by atoms with van der Waals surface area (Å²) < 4.78 is 10.7. The molecule has 2 aromatic rings. The lowest BCUT2D eigenvalue weighted by atomic mass is 10.3. The smallest absolute Gasteiger partial charge is 0.354 e. The SMILES string of the molecule is CNc1cc(C(=O)O)nc(COc2ccccc2OC)n1. The maximum atomic E-state index is 11.0. The number of hydrogen-bond donors (Lipinski definition) is 2. The Balaban J connectivity index is 2.19. The number of aromatic carboxylic acids is 1. The molecule has 0 spiro atoms. The first-order valence-electron chi connectivity index (χ1n) is 6.19. The molecule has 2 N–H and O–H groups in total. The van der Waals surface area contributed by atoms with Gasteiger partial charge in [-0.3, -0.25) is 0 Å². The summed E-state index contributed by atoms with van der Waals surface area (Å²) in [6.07, 6.45) is 0. The highest BCUT2D eigenvalue weighted by molar-refractivity contribution is 5.86. The fourth-order valence-corrected chi connectivity index (χ4v) is 1.68. The third-order valence-corrected chi connectivity index (χ3v) is 2.67. The Morgan fingerprint density at radius 1 is 1.29 bits per heavy atom. The fraction of sp³-hybridized carbons (Fsp3) is 0.214. The highest BCUT2D eigenvalue weighted by Crippen LogP contribution is 2.26. The van der Waals surface area contributed by atoms with Crippen LogP contribution in [-0.2, 0) is 6.61 Å². The van der Waals surface area contributed by atoms with Gasteiger partial charge in [-0.2, -0.15) is 0 Å². The number of nitrogens with one attached hydrogen (secondary N) is 1. The summed E-state index contributed by atoms with van der Waals surface area (Å²) in [7, 11) is 3.20. The van der Waals surface area contributed by atoms with Gasteiger partial charge in [0.25, 0.3) is 0 Å². The van der Waals surface area contributed by atoms with E-state index >= 15 is 0 Å². The lowest BCUT2D eigenvalue weighted by Gasteiger charge is -2.10. The largest absolute Gasteiger partial charge is 0.493 e. The minimum Gasteiger partial charge on any atom is -0.493 e. The minimum absolute atomic E-state index is 0.0379. The zero-order valence-corrected chi connectivity index (χ0v) is 11.7. The number of ether oxygens (including phenoxy) is 2. The topological polar surface area (TPSA) is 93.6 Å². The second kappa shape index (κ2) is 6.56. The normalized spacial score (nSPS) is 10.0. The van der Waals surface area contributed by atoms with Gasteiger partial charge in [-0.05, 0) is 12.1 Å². The Hall–Kier alpha value is -2.83. The van der Waals surface area contributed by atoms with E-state index in [4.69, 9.17) is 14.6 Å². The predicted molar refractivity (Wildman–Crippen MR) is 75.9 cm³/mol. The molecule has 0 atom stereocenters. The van der Waals surface area contributed by atoms with Gasteiger partial charge in [0.05, 0.1) is 7.11 Å². The number of nitrogens with zero attached hydrogens (tertiary/aromatic N) is 2. The third kappa shape index (κ3) is 3.59. The van der Waals surface area contributed by atoms with Gasteiger partial charge < -0.3 is 19.9 Å². The van der Waals surface area contributed by atoms with Crippen molar-refractivity contribution in [3.05, 3.63) is 41.9 Å². The molecule has 110 valence electrons. The van der Waals surface area contributed by atoms with Crippen molar-refractivity contribution in [1.82, 2.24) is 9.97 Å². The molecule has 0 unspecified atom stereocenters. The van der Waals surface area contributed by atoms with Crippen LogP contribution in [0.2, 0.25) is 0 Å². The van der Waals surface area contributed by atoms with Crippen LogP contribution >= 0.6 is 0 Å². The zero-order valence-electron chi connectivity index (χ0n) is 11.7. The van der Waals surface area contributed by atoms with Crippen LogP contribution in [0.25, 0.3) is 0 Å². The van der Waals surface area contributed by atoms with Gasteiger partial charge in [0.15, 0.2) is 23.0 Å². The summed E-state index contributed by atoms with van der Waals surface area (Å²) in [5.41, 5.74) is -0.0898. The lowest BCUT2D eigenvalue weighted by molar-refractivity contribution is 0.0689. The van der Waals surface area contributed by atoms with Crippen molar-refractivity contribution in [2.75, 3.05) is 19.5 Å². The molecule has 0 fully saturated rings. The lowest BCUT2D eigenvalue weighted by Crippen LogP contribution is -2.10. The van der Waals surface area contributed by atoms with Gasteiger partial charge in [0.1, 0.15) is 12.4 Å². The standard InChI is InChI=1S/C14H15N3O4/c1-15-12-7-9(14(18)19)16-13(17-12)8-21-11-6-4-3-5-10(11)20-2/h3-7H,8H2,1-2H3,(H,18,19)(H,15,16,17). The number of anilines is 1. The van der Waals surface area contributed by atoms with Gasteiger partial charge in [0.2, 0.25) is 0 Å². The minimum atomic E-state index is -1.12. The highest BCUT2D eigenvalue weighted by atomic mass is 16.5. The van der Waals surface area contributed by atoms with Crippen molar-refractivity contribution in [2.45, 2.75) is 6.61 Å². The van der Waals surface area contributed by atoms with E-state index in [0.717, 1.165) is 0 Å². The molecule has 0 saturated carbocycles. The van der Waals surface area contributed by atoms with E-state index in [2.05, 4.69) is 15.3 Å². The van der Waals surface area contributed by atoms with E-state index < -0.39 is 5.97 Å². The molecule has 0 aliphatic heterocycles. The van der Waals surface area contributed by atoms with Gasteiger partial charge in [-0.1, -0.05) is 12.1 Å². The summed E-state index contributed by atoms with van der Waals surface area (Å²) in [6, 6.07) is 8.51. The van der Waals surface area contributed by atoms with Crippen LogP contribution in [0.4, 0.5) is 5.82 Å². The number of aromatic nitrogens is 2. The number of carboxylic acid groups (broad SMARTS) is 1. The quantitative estimate of drug-likeness (QED) is 0.837. The second-order valence-corrected chi connectivity index (χ2v) is 4.05. The van der Waals surface area contributed by atoms with Crippen molar-refractivity contribution >= 4 is 11.8 Å². The first-order valence-corrected chi connectivity index (χ1v) is 6.19. The second-order valence-electron chi connectivity index (χ2n) is 4.05. The van der Waals surface area contributed by atoms with Gasteiger partial charge in [0, 0.05) is 13.1 Å². The van der Waals surface area contributed by atoms with Gasteiger partial charge in [-0.25, -0.2) is 14.8 Å². The molecular formula is C14H15N3O4. The van der Waals surface area contributed by atoms with Crippen molar-refractivity contribution < 1.29 is 19.4 Å². The Bertz CT molecular complexity index is 646. The van der Waals surface area contributed by atoms with E-state index in [1.54, 1.807) is 26.3 Å². The predicted octanol–water partition coefficient (Wildman–Crippen LogP) is 1.80. The van der Waals surface area contributed by atoms with Crippen LogP contribution in [0.15, 0.2) is 30.3 Å². The molecule has 1 heterocycles. The number of para-hydroxylation sites is 2. The monoisotopic (exact) mass is 289 g/mol. The van der Waals surface area contributed by atoms with E-state index in [-0.39, 0.29) is 18.1 Å². The van der Waals surface area contributed by atoms with E-state index in [9.17, 15) is 4.79 Å². The molecule has 0 aliphatic rings. The van der Waals surface area contributed by atoms with E-state index in [0.29, 0.717) is 17.3 Å². The molecule has 1 aromatic carbocycles. The molecule has 1 aromatic heterocycles. The summed E-state index contributed by atoms with van der Waals surface area (Å²) >= 11 is 0. The number of methoxy groups -OCH3 is 1. The number of benzene rings is 1. The van der Waals surface area contributed by atoms with Crippen molar-refractivity contribution in [1.29, 1.82) is 0 Å². The highest BCUT2D eigenvalue weighted by Gasteiger charge is 2.11. The molecule has 7 heteroatoms. The van der Waals surface area contributed by atoms with E-state index in [1.165, 1.54) is 6.07 Å². The maximum absolute atomic E-state index is 11.0. The summed E-state index contributed by atoms with van der Waals surface area (Å²) in [5, 5.41) is 11.8.